The molecule has 86 valence electrons. The van der Waals surface area contributed by atoms with E-state index in [1.54, 1.807) is 18.2 Å². The second kappa shape index (κ2) is 5.45. The number of hydrogen-bond acceptors (Lipinski definition) is 5. The van der Waals surface area contributed by atoms with Crippen LogP contribution in [-0.4, -0.2) is 19.7 Å². The number of azide groups is 1. The summed E-state index contributed by atoms with van der Waals surface area (Å²) in [5, 5.41) is 3.35. The lowest BCUT2D eigenvalue weighted by Gasteiger charge is -2.02. The molecular weight excluding hydrogens is 232 g/mol. The third-order valence-electron chi connectivity index (χ3n) is 1.58. The van der Waals surface area contributed by atoms with Crippen LogP contribution in [0.15, 0.2) is 23.3 Å². The molecule has 7 nitrogen and oxygen atoms in total. The van der Waals surface area contributed by atoms with Gasteiger partial charge in [0.05, 0.1) is 18.5 Å². The van der Waals surface area contributed by atoms with Gasteiger partial charge in [-0.15, -0.1) is 0 Å². The van der Waals surface area contributed by atoms with Gasteiger partial charge >= 0.3 is 0 Å². The monoisotopic (exact) mass is 242 g/mol. The zero-order valence-corrected chi connectivity index (χ0v) is 9.38. The van der Waals surface area contributed by atoms with Crippen LogP contribution in [0.3, 0.4) is 0 Å². The minimum absolute atomic E-state index is 0.122. The van der Waals surface area contributed by atoms with Gasteiger partial charge in [-0.2, -0.15) is 8.42 Å². The molecule has 0 N–H and O–H groups in total. The molecule has 0 atom stereocenters. The van der Waals surface area contributed by atoms with Crippen LogP contribution in [0.4, 0.5) is 0 Å². The first-order valence-electron chi connectivity index (χ1n) is 4.31. The Hall–Kier alpha value is -1.63. The molecule has 0 saturated heterocycles. The minimum Gasteiger partial charge on any atom is -0.264 e. The van der Waals surface area contributed by atoms with Gasteiger partial charge in [-0.3, -0.25) is 9.17 Å². The smallest absolute Gasteiger partial charge is 0.264 e. The summed E-state index contributed by atoms with van der Waals surface area (Å²) in [5.74, 6) is 0. The molecule has 0 aliphatic carbocycles. The van der Waals surface area contributed by atoms with Crippen LogP contribution in [-0.2, 0) is 27.5 Å². The summed E-state index contributed by atoms with van der Waals surface area (Å²) in [7, 11) is -3.47. The van der Waals surface area contributed by atoms with Crippen molar-refractivity contribution in [1.82, 2.24) is 4.98 Å². The lowest BCUT2D eigenvalue weighted by Crippen LogP contribution is -2.04. The van der Waals surface area contributed by atoms with Crippen LogP contribution in [0.25, 0.3) is 10.4 Å². The molecule has 0 aromatic carbocycles. The van der Waals surface area contributed by atoms with Gasteiger partial charge < -0.3 is 0 Å². The van der Waals surface area contributed by atoms with Crippen molar-refractivity contribution < 1.29 is 12.6 Å². The van der Waals surface area contributed by atoms with Crippen molar-refractivity contribution in [3.05, 3.63) is 40.0 Å². The van der Waals surface area contributed by atoms with E-state index in [-0.39, 0.29) is 13.2 Å². The summed E-state index contributed by atoms with van der Waals surface area (Å²) >= 11 is 0. The molecule has 8 heteroatoms. The lowest BCUT2D eigenvalue weighted by molar-refractivity contribution is 0.307. The van der Waals surface area contributed by atoms with Crippen LogP contribution in [0.1, 0.15) is 11.4 Å². The summed E-state index contributed by atoms with van der Waals surface area (Å²) in [4.78, 5) is 6.66. The SMILES string of the molecule is CS(=O)(=O)OCc1cccc(CN=[N+]=[N-])n1. The Morgan fingerprint density at radius 3 is 2.81 bits per heavy atom. The van der Waals surface area contributed by atoms with Gasteiger partial charge in [0.2, 0.25) is 0 Å². The predicted octanol–water partition coefficient (Wildman–Crippen LogP) is 1.37. The van der Waals surface area contributed by atoms with Crippen molar-refractivity contribution in [3.8, 4) is 0 Å². The van der Waals surface area contributed by atoms with Crippen molar-refractivity contribution in [2.75, 3.05) is 6.26 Å². The Morgan fingerprint density at radius 1 is 1.50 bits per heavy atom. The summed E-state index contributed by atoms with van der Waals surface area (Å²) in [5.41, 5.74) is 9.16. The van der Waals surface area contributed by atoms with Crippen LogP contribution in [0.5, 0.6) is 0 Å². The molecule has 1 heterocycles. The van der Waals surface area contributed by atoms with Gasteiger partial charge in [0.25, 0.3) is 10.1 Å². The molecule has 0 radical (unpaired) electrons. The van der Waals surface area contributed by atoms with E-state index in [0.29, 0.717) is 11.4 Å². The second-order valence-electron chi connectivity index (χ2n) is 2.98. The number of rotatable bonds is 5. The predicted molar refractivity (Wildman–Crippen MR) is 56.7 cm³/mol. The largest absolute Gasteiger partial charge is 0.264 e. The Balaban J connectivity index is 2.71. The first-order chi connectivity index (χ1) is 7.51. The fraction of sp³-hybridized carbons (Fsp3) is 0.375. The second-order valence-corrected chi connectivity index (χ2v) is 4.62. The maximum atomic E-state index is 10.7. The highest BCUT2D eigenvalue weighted by Gasteiger charge is 2.03. The number of nitrogens with zero attached hydrogens (tertiary/aromatic N) is 4. The molecule has 1 aromatic rings. The molecule has 0 amide bonds. The highest BCUT2D eigenvalue weighted by Crippen LogP contribution is 2.04. The first-order valence-corrected chi connectivity index (χ1v) is 6.13. The van der Waals surface area contributed by atoms with Crippen LogP contribution in [0, 0.1) is 0 Å². The zero-order valence-electron chi connectivity index (χ0n) is 8.57. The number of pyridine rings is 1. The van der Waals surface area contributed by atoms with E-state index < -0.39 is 10.1 Å². The molecule has 0 fully saturated rings. The summed E-state index contributed by atoms with van der Waals surface area (Å²) < 4.78 is 26.1. The van der Waals surface area contributed by atoms with Crippen molar-refractivity contribution in [2.24, 2.45) is 5.11 Å². The van der Waals surface area contributed by atoms with Crippen LogP contribution < -0.4 is 0 Å². The van der Waals surface area contributed by atoms with E-state index in [1.165, 1.54) is 0 Å². The highest BCUT2D eigenvalue weighted by atomic mass is 32.2. The van der Waals surface area contributed by atoms with E-state index in [1.807, 2.05) is 0 Å². The molecule has 0 unspecified atom stereocenters. The van der Waals surface area contributed by atoms with Crippen LogP contribution >= 0.6 is 0 Å². The van der Waals surface area contributed by atoms with E-state index in [0.717, 1.165) is 6.26 Å². The van der Waals surface area contributed by atoms with E-state index >= 15 is 0 Å². The van der Waals surface area contributed by atoms with Crippen molar-refractivity contribution in [2.45, 2.75) is 13.2 Å². The molecule has 16 heavy (non-hydrogen) atoms. The molecule has 0 spiro atoms. The average Bonchev–Trinajstić information content (AvgIpc) is 2.23. The Labute approximate surface area is 92.8 Å². The third-order valence-corrected chi connectivity index (χ3v) is 2.13. The summed E-state index contributed by atoms with van der Waals surface area (Å²) in [6.07, 6.45) is 0.969. The average molecular weight is 242 g/mol. The fourth-order valence-corrected chi connectivity index (χ4v) is 1.30. The number of hydrogen-bond donors (Lipinski definition) is 0. The van der Waals surface area contributed by atoms with Crippen molar-refractivity contribution in [3.63, 3.8) is 0 Å². The minimum atomic E-state index is -3.47. The maximum Gasteiger partial charge on any atom is 0.264 e. The van der Waals surface area contributed by atoms with E-state index in [4.69, 9.17) is 5.53 Å². The van der Waals surface area contributed by atoms with E-state index in [2.05, 4.69) is 19.2 Å². The number of aromatic nitrogens is 1. The topological polar surface area (TPSA) is 105 Å². The lowest BCUT2D eigenvalue weighted by atomic mass is 10.3. The third kappa shape index (κ3) is 4.74. The van der Waals surface area contributed by atoms with Crippen molar-refractivity contribution in [1.29, 1.82) is 0 Å². The molecular formula is C8H10N4O3S. The molecule has 0 saturated carbocycles. The summed E-state index contributed by atoms with van der Waals surface area (Å²) in [6, 6.07) is 5.00. The molecule has 1 aromatic heterocycles. The fourth-order valence-electron chi connectivity index (χ4n) is 0.969. The van der Waals surface area contributed by atoms with E-state index in [9.17, 15) is 8.42 Å². The van der Waals surface area contributed by atoms with Gasteiger partial charge in [-0.25, -0.2) is 0 Å². The molecule has 0 bridgehead atoms. The van der Waals surface area contributed by atoms with Crippen LogP contribution in [0.2, 0.25) is 0 Å². The highest BCUT2D eigenvalue weighted by molar-refractivity contribution is 7.85. The molecule has 1 rings (SSSR count). The molecule has 0 aliphatic rings. The Kier molecular flexibility index (Phi) is 4.24. The normalized spacial score (nSPS) is 10.8. The van der Waals surface area contributed by atoms with Crippen molar-refractivity contribution >= 4 is 10.1 Å². The Bertz CT molecular complexity index is 508. The van der Waals surface area contributed by atoms with Gasteiger partial charge in [-0.1, -0.05) is 11.2 Å². The molecule has 0 aliphatic heterocycles. The van der Waals surface area contributed by atoms with Gasteiger partial charge in [0.15, 0.2) is 0 Å². The van der Waals surface area contributed by atoms with Gasteiger partial charge in [0, 0.05) is 10.6 Å². The summed E-state index contributed by atoms with van der Waals surface area (Å²) in [6.45, 7) is 0.00611. The quantitative estimate of drug-likeness (QED) is 0.336. The van der Waals surface area contributed by atoms with Gasteiger partial charge in [-0.05, 0) is 17.7 Å². The zero-order chi connectivity index (χ0) is 12.0. The Morgan fingerprint density at radius 2 is 2.19 bits per heavy atom. The maximum absolute atomic E-state index is 10.7. The van der Waals surface area contributed by atoms with Gasteiger partial charge in [0.1, 0.15) is 6.61 Å². The first kappa shape index (κ1) is 12.4. The standard InChI is InChI=1S/C8H10N4O3S/c1-16(13,14)15-6-8-4-2-3-7(11-8)5-10-12-9/h2-4H,5-6H2,1H3.